The van der Waals surface area contributed by atoms with Crippen LogP contribution < -0.4 is 10.6 Å². The fourth-order valence-electron chi connectivity index (χ4n) is 1.81. The van der Waals surface area contributed by atoms with Gasteiger partial charge in [-0.2, -0.15) is 0 Å². The Kier molecular flexibility index (Phi) is 14.4. The maximum Gasteiger partial charge on any atom is 0.191 e. The zero-order chi connectivity index (χ0) is 15.2. The second-order valence-corrected chi connectivity index (χ2v) is 4.64. The van der Waals surface area contributed by atoms with Gasteiger partial charge in [0.05, 0.1) is 0 Å². The van der Waals surface area contributed by atoms with Crippen LogP contribution in [0.25, 0.3) is 0 Å². The molecule has 0 saturated heterocycles. The minimum atomic E-state index is 0. The topological polar surface area (TPSA) is 76.4 Å². The van der Waals surface area contributed by atoms with Gasteiger partial charge in [0.1, 0.15) is 12.7 Å². The molecule has 0 fully saturated rings. The molecule has 0 aromatic carbocycles. The Morgan fingerprint density at radius 1 is 1.14 bits per heavy atom. The second-order valence-electron chi connectivity index (χ2n) is 4.64. The molecule has 7 nitrogen and oxygen atoms in total. The highest BCUT2D eigenvalue weighted by atomic mass is 127. The number of guanidine groups is 1. The Bertz CT molecular complexity index is 371. The molecule has 8 heteroatoms. The molecule has 0 spiro atoms. The number of aromatic nitrogens is 3. The van der Waals surface area contributed by atoms with Crippen molar-refractivity contribution in [2.75, 3.05) is 32.8 Å². The van der Waals surface area contributed by atoms with Crippen molar-refractivity contribution in [3.05, 3.63) is 12.7 Å². The van der Waals surface area contributed by atoms with Crippen LogP contribution in [0.2, 0.25) is 0 Å². The summed E-state index contributed by atoms with van der Waals surface area (Å²) in [6, 6.07) is 0. The van der Waals surface area contributed by atoms with Crippen LogP contribution in [0.5, 0.6) is 0 Å². The predicted octanol–water partition coefficient (Wildman–Crippen LogP) is 1.66. The number of unbranched alkanes of at least 4 members (excludes halogenated alkanes) is 1. The molecule has 1 heterocycles. The predicted molar refractivity (Wildman–Crippen MR) is 99.8 cm³/mol. The van der Waals surface area contributed by atoms with Gasteiger partial charge in [0, 0.05) is 39.4 Å². The molecule has 128 valence electrons. The summed E-state index contributed by atoms with van der Waals surface area (Å²) in [6.45, 7) is 9.16. The number of nitrogens with one attached hydrogen (secondary N) is 2. The van der Waals surface area contributed by atoms with Gasteiger partial charge in [0.2, 0.25) is 0 Å². The summed E-state index contributed by atoms with van der Waals surface area (Å²) in [6.07, 6.45) is 6.63. The largest absolute Gasteiger partial charge is 0.382 e. The van der Waals surface area contributed by atoms with Crippen molar-refractivity contribution in [2.45, 2.75) is 39.7 Å². The monoisotopic (exact) mass is 424 g/mol. The fourth-order valence-corrected chi connectivity index (χ4v) is 1.81. The quantitative estimate of drug-likeness (QED) is 0.245. The molecule has 0 aliphatic rings. The van der Waals surface area contributed by atoms with Crippen molar-refractivity contribution in [2.24, 2.45) is 4.99 Å². The number of aryl methyl sites for hydroxylation is 1. The number of halogens is 1. The summed E-state index contributed by atoms with van der Waals surface area (Å²) in [5.74, 6) is 0.887. The van der Waals surface area contributed by atoms with Crippen LogP contribution >= 0.6 is 24.0 Å². The first-order valence-corrected chi connectivity index (χ1v) is 7.79. The molecular formula is C14H29IN6O. The molecule has 0 saturated carbocycles. The standard InChI is InChI=1S/C14H28N6O.HI/c1-3-15-14(17-9-7-11-21-4-2)16-8-5-6-10-20-12-18-19-13-20;/h12-13H,3-11H2,1-2H3,(H2,15,16,17);1H. The van der Waals surface area contributed by atoms with Crippen LogP contribution in [0, 0.1) is 0 Å². The van der Waals surface area contributed by atoms with Gasteiger partial charge in [-0.25, -0.2) is 0 Å². The van der Waals surface area contributed by atoms with Crippen LogP contribution in [-0.2, 0) is 11.3 Å². The lowest BCUT2D eigenvalue weighted by molar-refractivity contribution is 0.146. The molecule has 0 radical (unpaired) electrons. The van der Waals surface area contributed by atoms with Gasteiger partial charge < -0.3 is 19.9 Å². The van der Waals surface area contributed by atoms with Gasteiger partial charge in [-0.3, -0.25) is 4.99 Å². The minimum absolute atomic E-state index is 0. The van der Waals surface area contributed by atoms with E-state index in [2.05, 4.69) is 32.7 Å². The smallest absolute Gasteiger partial charge is 0.191 e. The van der Waals surface area contributed by atoms with Gasteiger partial charge in [-0.1, -0.05) is 0 Å². The highest BCUT2D eigenvalue weighted by Crippen LogP contribution is 1.93. The van der Waals surface area contributed by atoms with Gasteiger partial charge in [-0.05, 0) is 33.1 Å². The normalized spacial score (nSPS) is 11.1. The van der Waals surface area contributed by atoms with E-state index in [9.17, 15) is 0 Å². The van der Waals surface area contributed by atoms with Gasteiger partial charge >= 0.3 is 0 Å². The zero-order valence-corrected chi connectivity index (χ0v) is 16.0. The molecule has 1 aromatic rings. The van der Waals surface area contributed by atoms with Crippen LogP contribution in [0.4, 0.5) is 0 Å². The summed E-state index contributed by atoms with van der Waals surface area (Å²) in [7, 11) is 0. The Morgan fingerprint density at radius 2 is 1.91 bits per heavy atom. The molecular weight excluding hydrogens is 395 g/mol. The molecule has 0 atom stereocenters. The second kappa shape index (κ2) is 15.0. The molecule has 0 amide bonds. The van der Waals surface area contributed by atoms with Crippen LogP contribution in [-0.4, -0.2) is 53.6 Å². The van der Waals surface area contributed by atoms with Gasteiger partial charge in [0.25, 0.3) is 0 Å². The first kappa shape index (κ1) is 21.1. The SMILES string of the molecule is CCNC(=NCCCOCC)NCCCCn1cnnc1.I. The van der Waals surface area contributed by atoms with E-state index >= 15 is 0 Å². The van der Waals surface area contributed by atoms with Crippen LogP contribution in [0.1, 0.15) is 33.1 Å². The van der Waals surface area contributed by atoms with Crippen molar-refractivity contribution in [3.63, 3.8) is 0 Å². The van der Waals surface area contributed by atoms with Gasteiger partial charge in [0.15, 0.2) is 5.96 Å². The zero-order valence-electron chi connectivity index (χ0n) is 13.6. The third kappa shape index (κ3) is 10.8. The average Bonchev–Trinajstić information content (AvgIpc) is 3.00. The number of hydrogen-bond acceptors (Lipinski definition) is 4. The molecule has 0 unspecified atom stereocenters. The molecule has 1 aromatic heterocycles. The fraction of sp³-hybridized carbons (Fsp3) is 0.786. The maximum atomic E-state index is 5.30. The van der Waals surface area contributed by atoms with Crippen molar-refractivity contribution < 1.29 is 4.74 Å². The van der Waals surface area contributed by atoms with Crippen LogP contribution in [0.15, 0.2) is 17.6 Å². The number of nitrogens with zero attached hydrogens (tertiary/aromatic N) is 4. The lowest BCUT2D eigenvalue weighted by Crippen LogP contribution is -2.38. The lowest BCUT2D eigenvalue weighted by Gasteiger charge is -2.11. The number of hydrogen-bond donors (Lipinski definition) is 2. The molecule has 2 N–H and O–H groups in total. The third-order valence-electron chi connectivity index (χ3n) is 2.87. The molecule has 0 bridgehead atoms. The van der Waals surface area contributed by atoms with E-state index in [-0.39, 0.29) is 24.0 Å². The lowest BCUT2D eigenvalue weighted by atomic mass is 10.3. The van der Waals surface area contributed by atoms with Crippen molar-refractivity contribution >= 4 is 29.9 Å². The molecule has 22 heavy (non-hydrogen) atoms. The summed E-state index contributed by atoms with van der Waals surface area (Å²) in [4.78, 5) is 4.52. The van der Waals surface area contributed by atoms with Crippen molar-refractivity contribution in [1.82, 2.24) is 25.4 Å². The van der Waals surface area contributed by atoms with Crippen LogP contribution in [0.3, 0.4) is 0 Å². The first-order chi connectivity index (χ1) is 10.4. The summed E-state index contributed by atoms with van der Waals surface area (Å²) in [5.41, 5.74) is 0. The Labute approximate surface area is 150 Å². The minimum Gasteiger partial charge on any atom is -0.382 e. The Morgan fingerprint density at radius 3 is 2.59 bits per heavy atom. The highest BCUT2D eigenvalue weighted by Gasteiger charge is 1.97. The molecule has 0 aliphatic carbocycles. The van der Waals surface area contributed by atoms with E-state index < -0.39 is 0 Å². The van der Waals surface area contributed by atoms with E-state index in [4.69, 9.17) is 4.74 Å². The number of aliphatic imine (C=N–C) groups is 1. The molecule has 1 rings (SSSR count). The maximum absolute atomic E-state index is 5.30. The van der Waals surface area contributed by atoms with E-state index in [1.54, 1.807) is 12.7 Å². The first-order valence-electron chi connectivity index (χ1n) is 7.79. The highest BCUT2D eigenvalue weighted by molar-refractivity contribution is 14.0. The molecule has 0 aliphatic heterocycles. The van der Waals surface area contributed by atoms with E-state index in [1.165, 1.54) is 0 Å². The summed E-state index contributed by atoms with van der Waals surface area (Å²) in [5, 5.41) is 14.2. The average molecular weight is 424 g/mol. The summed E-state index contributed by atoms with van der Waals surface area (Å²) < 4.78 is 7.29. The van der Waals surface area contributed by atoms with E-state index in [0.29, 0.717) is 0 Å². The number of rotatable bonds is 11. The van der Waals surface area contributed by atoms with E-state index in [0.717, 1.165) is 64.6 Å². The van der Waals surface area contributed by atoms with Crippen molar-refractivity contribution in [3.8, 4) is 0 Å². The number of ether oxygens (including phenoxy) is 1. The Hall–Kier alpha value is -0.900. The van der Waals surface area contributed by atoms with E-state index in [1.807, 2.05) is 11.5 Å². The van der Waals surface area contributed by atoms with Gasteiger partial charge in [-0.15, -0.1) is 34.2 Å². The third-order valence-corrected chi connectivity index (χ3v) is 2.87. The Balaban J connectivity index is 0.00000441. The summed E-state index contributed by atoms with van der Waals surface area (Å²) >= 11 is 0. The van der Waals surface area contributed by atoms with Crippen molar-refractivity contribution in [1.29, 1.82) is 0 Å².